The molecular weight excluding hydrogens is 381 g/mol. The average Bonchev–Trinajstić information content (AvgIpc) is 3.06. The van der Waals surface area contributed by atoms with Crippen LogP contribution in [0.2, 0.25) is 0 Å². The number of pyridine rings is 1. The lowest BCUT2D eigenvalue weighted by Crippen LogP contribution is -2.38. The van der Waals surface area contributed by atoms with E-state index in [1.807, 2.05) is 31.2 Å². The molecule has 1 aromatic heterocycles. The quantitative estimate of drug-likeness (QED) is 0.718. The highest BCUT2D eigenvalue weighted by Gasteiger charge is 2.44. The molecule has 1 unspecified atom stereocenters. The van der Waals surface area contributed by atoms with E-state index in [4.69, 9.17) is 5.73 Å². The second-order valence-electron chi connectivity index (χ2n) is 7.12. The van der Waals surface area contributed by atoms with Crippen LogP contribution in [0.4, 0.5) is 18.9 Å². The largest absolute Gasteiger partial charge is 0.416 e. The first kappa shape index (κ1) is 18.9. The van der Waals surface area contributed by atoms with Crippen molar-refractivity contribution in [2.45, 2.75) is 25.1 Å². The highest BCUT2D eigenvalue weighted by atomic mass is 19.4. The van der Waals surface area contributed by atoms with Gasteiger partial charge in [-0.15, -0.1) is 0 Å². The summed E-state index contributed by atoms with van der Waals surface area (Å²) in [5.41, 5.74) is 4.91. The minimum Gasteiger partial charge on any atom is -0.364 e. The van der Waals surface area contributed by atoms with Gasteiger partial charge in [-0.3, -0.25) is 14.8 Å². The lowest BCUT2D eigenvalue weighted by Gasteiger charge is -2.36. The average molecular weight is 398 g/mol. The van der Waals surface area contributed by atoms with Gasteiger partial charge < -0.3 is 5.73 Å². The molecule has 2 N–H and O–H groups in total. The number of hydrogen-bond acceptors (Lipinski definition) is 4. The fourth-order valence-corrected chi connectivity index (χ4v) is 3.76. The van der Waals surface area contributed by atoms with Gasteiger partial charge in [0.1, 0.15) is 5.71 Å². The van der Waals surface area contributed by atoms with Gasteiger partial charge in [0.05, 0.1) is 16.8 Å². The maximum Gasteiger partial charge on any atom is 0.416 e. The number of amides is 1. The second-order valence-corrected chi connectivity index (χ2v) is 7.12. The molecule has 29 heavy (non-hydrogen) atoms. The zero-order chi connectivity index (χ0) is 20.8. The number of alkyl halides is 3. The Bertz CT molecular complexity index is 1140. The Morgan fingerprint density at radius 1 is 1.17 bits per heavy atom. The van der Waals surface area contributed by atoms with Crippen LogP contribution in [-0.2, 0) is 16.5 Å². The smallest absolute Gasteiger partial charge is 0.364 e. The normalized spacial score (nSPS) is 19.4. The number of aromatic nitrogens is 1. The van der Waals surface area contributed by atoms with Crippen molar-refractivity contribution < 1.29 is 18.0 Å². The molecule has 0 radical (unpaired) electrons. The Balaban J connectivity index is 1.91. The Labute approximate surface area is 164 Å². The standard InChI is InChI=1S/C21H17F3N4O/c1-20(17-7-2-4-13-12-26-9-8-16(13)17)11-18(19(25)29)27-28(20)15-6-3-5-14(10-15)21(22,23)24/h2-10,12H,11H2,1H3,(H2,25,29). The van der Waals surface area contributed by atoms with Gasteiger partial charge in [0.2, 0.25) is 0 Å². The van der Waals surface area contributed by atoms with Crippen molar-refractivity contribution >= 4 is 28.1 Å². The summed E-state index contributed by atoms with van der Waals surface area (Å²) in [5.74, 6) is -0.701. The molecule has 1 amide bonds. The maximum atomic E-state index is 13.2. The fourth-order valence-electron chi connectivity index (χ4n) is 3.76. The summed E-state index contributed by atoms with van der Waals surface area (Å²) >= 11 is 0. The molecule has 1 aliphatic rings. The van der Waals surface area contributed by atoms with E-state index in [1.165, 1.54) is 17.1 Å². The first-order valence-electron chi connectivity index (χ1n) is 8.88. The topological polar surface area (TPSA) is 71.6 Å². The van der Waals surface area contributed by atoms with Crippen LogP contribution in [0, 0.1) is 0 Å². The number of nitrogens with zero attached hydrogens (tertiary/aromatic N) is 3. The second kappa shape index (κ2) is 6.58. The van der Waals surface area contributed by atoms with Gasteiger partial charge >= 0.3 is 6.18 Å². The molecule has 2 heterocycles. The first-order chi connectivity index (χ1) is 13.7. The minimum absolute atomic E-state index is 0.107. The zero-order valence-corrected chi connectivity index (χ0v) is 15.4. The van der Waals surface area contributed by atoms with E-state index in [1.54, 1.807) is 12.4 Å². The molecule has 0 fully saturated rings. The summed E-state index contributed by atoms with van der Waals surface area (Å²) in [6.07, 6.45) is -0.969. The first-order valence-corrected chi connectivity index (χ1v) is 8.88. The molecule has 2 aromatic carbocycles. The summed E-state index contributed by atoms with van der Waals surface area (Å²) in [5, 5.41) is 7.52. The summed E-state index contributed by atoms with van der Waals surface area (Å²) in [6.45, 7) is 1.84. The van der Waals surface area contributed by atoms with E-state index in [0.717, 1.165) is 28.5 Å². The molecule has 8 heteroatoms. The molecule has 0 saturated heterocycles. The number of nitrogens with two attached hydrogens (primary N) is 1. The van der Waals surface area contributed by atoms with Crippen molar-refractivity contribution in [2.75, 3.05) is 5.01 Å². The van der Waals surface area contributed by atoms with Crippen LogP contribution in [0.25, 0.3) is 10.8 Å². The maximum absolute atomic E-state index is 13.2. The summed E-state index contributed by atoms with van der Waals surface area (Å²) in [6, 6.07) is 12.3. The third-order valence-electron chi connectivity index (χ3n) is 5.16. The van der Waals surface area contributed by atoms with Crippen LogP contribution in [0.1, 0.15) is 24.5 Å². The number of carbonyl (C=O) groups is 1. The van der Waals surface area contributed by atoms with E-state index >= 15 is 0 Å². The van der Waals surface area contributed by atoms with Crippen molar-refractivity contribution in [1.29, 1.82) is 0 Å². The minimum atomic E-state index is -4.49. The van der Waals surface area contributed by atoms with Crippen LogP contribution >= 0.6 is 0 Å². The highest BCUT2D eigenvalue weighted by molar-refractivity contribution is 6.39. The van der Waals surface area contributed by atoms with Crippen LogP contribution in [0.5, 0.6) is 0 Å². The van der Waals surface area contributed by atoms with Gasteiger partial charge in [0.15, 0.2) is 0 Å². The number of hydrogen-bond donors (Lipinski definition) is 1. The highest BCUT2D eigenvalue weighted by Crippen LogP contribution is 2.44. The zero-order valence-electron chi connectivity index (χ0n) is 15.4. The number of primary amides is 1. The number of hydrazone groups is 1. The molecule has 0 aliphatic carbocycles. The molecule has 0 bridgehead atoms. The van der Waals surface area contributed by atoms with Crippen LogP contribution in [-0.4, -0.2) is 16.6 Å². The van der Waals surface area contributed by atoms with Gasteiger partial charge in [-0.1, -0.05) is 24.3 Å². The van der Waals surface area contributed by atoms with Crippen LogP contribution in [0.3, 0.4) is 0 Å². The fraction of sp³-hybridized carbons (Fsp3) is 0.190. The summed E-state index contributed by atoms with van der Waals surface area (Å²) in [7, 11) is 0. The Hall–Kier alpha value is -3.42. The Morgan fingerprint density at radius 3 is 2.66 bits per heavy atom. The third-order valence-corrected chi connectivity index (χ3v) is 5.16. The predicted molar refractivity (Wildman–Crippen MR) is 104 cm³/mol. The number of anilines is 1. The Kier molecular flexibility index (Phi) is 4.29. The molecule has 148 valence electrons. The molecule has 1 aliphatic heterocycles. The molecule has 3 aromatic rings. The molecular formula is C21H17F3N4O. The lowest BCUT2D eigenvalue weighted by molar-refractivity contribution is -0.137. The molecule has 5 nitrogen and oxygen atoms in total. The van der Waals surface area contributed by atoms with Crippen molar-refractivity contribution in [3.05, 3.63) is 72.1 Å². The van der Waals surface area contributed by atoms with E-state index in [9.17, 15) is 18.0 Å². The van der Waals surface area contributed by atoms with E-state index in [-0.39, 0.29) is 17.8 Å². The van der Waals surface area contributed by atoms with Gasteiger partial charge in [-0.05, 0) is 42.1 Å². The van der Waals surface area contributed by atoms with Crippen molar-refractivity contribution in [2.24, 2.45) is 10.8 Å². The third kappa shape index (κ3) is 3.20. The number of halogens is 3. The molecule has 0 spiro atoms. The van der Waals surface area contributed by atoms with Gasteiger partial charge in [-0.25, -0.2) is 0 Å². The van der Waals surface area contributed by atoms with Crippen molar-refractivity contribution in [3.8, 4) is 0 Å². The van der Waals surface area contributed by atoms with Crippen molar-refractivity contribution in [3.63, 3.8) is 0 Å². The SMILES string of the molecule is CC1(c2cccc3cnccc23)CC(C(N)=O)=NN1c1cccc(C(F)(F)F)c1. The van der Waals surface area contributed by atoms with E-state index < -0.39 is 23.2 Å². The van der Waals surface area contributed by atoms with Crippen LogP contribution in [0.15, 0.2) is 66.0 Å². The van der Waals surface area contributed by atoms with E-state index in [2.05, 4.69) is 10.1 Å². The number of fused-ring (bicyclic) bond motifs is 1. The molecule has 0 saturated carbocycles. The Morgan fingerprint density at radius 2 is 1.93 bits per heavy atom. The van der Waals surface area contributed by atoms with Gasteiger partial charge in [0.25, 0.3) is 5.91 Å². The van der Waals surface area contributed by atoms with Gasteiger partial charge in [-0.2, -0.15) is 18.3 Å². The summed E-state index contributed by atoms with van der Waals surface area (Å²) < 4.78 is 39.7. The number of carbonyl (C=O) groups excluding carboxylic acids is 1. The predicted octanol–water partition coefficient (Wildman–Crippen LogP) is 4.22. The monoisotopic (exact) mass is 398 g/mol. The lowest BCUT2D eigenvalue weighted by atomic mass is 9.84. The molecule has 1 atom stereocenters. The van der Waals surface area contributed by atoms with Crippen molar-refractivity contribution in [1.82, 2.24) is 4.98 Å². The van der Waals surface area contributed by atoms with Gasteiger partial charge in [0, 0.05) is 24.2 Å². The number of rotatable bonds is 3. The van der Waals surface area contributed by atoms with Crippen LogP contribution < -0.4 is 10.7 Å². The summed E-state index contributed by atoms with van der Waals surface area (Å²) in [4.78, 5) is 16.0. The van der Waals surface area contributed by atoms with E-state index in [0.29, 0.717) is 0 Å². The number of benzene rings is 2. The molecule has 4 rings (SSSR count).